The maximum Gasteiger partial charge on any atom is 0.274 e. The van der Waals surface area contributed by atoms with E-state index in [2.05, 4.69) is 9.97 Å². The maximum absolute atomic E-state index is 5.65. The van der Waals surface area contributed by atoms with Crippen LogP contribution in [0.3, 0.4) is 0 Å². The summed E-state index contributed by atoms with van der Waals surface area (Å²) < 4.78 is 5.40. The molecule has 0 aliphatic carbocycles. The van der Waals surface area contributed by atoms with Crippen molar-refractivity contribution in [2.75, 3.05) is 0 Å². The molecule has 0 aromatic carbocycles. The average molecular weight is 227 g/mol. The minimum atomic E-state index is 0.469. The number of hydrogen-bond acceptors (Lipinski definition) is 4. The van der Waals surface area contributed by atoms with Gasteiger partial charge in [0.15, 0.2) is 0 Å². The summed E-state index contributed by atoms with van der Waals surface area (Å²) in [6.45, 7) is 0.470. The molecule has 2 aromatic heterocycles. The Morgan fingerprint density at radius 1 is 1.50 bits per heavy atom. The fraction of sp³-hybridized carbons (Fsp3) is 0.111. The Bertz CT molecular complexity index is 404. The zero-order valence-electron chi connectivity index (χ0n) is 7.18. The van der Waals surface area contributed by atoms with Crippen LogP contribution in [0.15, 0.2) is 29.9 Å². The lowest BCUT2D eigenvalue weighted by Gasteiger charge is -2.00. The van der Waals surface area contributed by atoms with E-state index in [1.165, 1.54) is 11.3 Å². The van der Waals surface area contributed by atoms with E-state index in [-0.39, 0.29) is 0 Å². The van der Waals surface area contributed by atoms with Crippen LogP contribution in [0.25, 0.3) is 0 Å². The number of thiazole rings is 1. The standard InChI is InChI=1S/C9H7ClN2OS/c10-8-6-14-9(12-8)13-5-7-2-1-3-11-4-7/h1-4,6H,5H2. The van der Waals surface area contributed by atoms with Gasteiger partial charge in [-0.3, -0.25) is 4.98 Å². The molecule has 0 atom stereocenters. The van der Waals surface area contributed by atoms with Crippen LogP contribution in [0, 0.1) is 0 Å². The highest BCUT2D eigenvalue weighted by Gasteiger charge is 2.00. The summed E-state index contributed by atoms with van der Waals surface area (Å²) in [5.41, 5.74) is 1.01. The molecule has 14 heavy (non-hydrogen) atoms. The van der Waals surface area contributed by atoms with Crippen molar-refractivity contribution in [3.05, 3.63) is 40.6 Å². The van der Waals surface area contributed by atoms with Crippen molar-refractivity contribution in [2.24, 2.45) is 0 Å². The Hall–Kier alpha value is -1.13. The lowest BCUT2D eigenvalue weighted by Crippen LogP contribution is -1.94. The van der Waals surface area contributed by atoms with Crippen LogP contribution >= 0.6 is 22.9 Å². The van der Waals surface area contributed by atoms with Crippen LogP contribution in [-0.4, -0.2) is 9.97 Å². The highest BCUT2D eigenvalue weighted by molar-refractivity contribution is 7.11. The molecule has 0 aliphatic rings. The first-order valence-electron chi connectivity index (χ1n) is 3.97. The third-order valence-electron chi connectivity index (χ3n) is 1.54. The molecule has 3 nitrogen and oxygen atoms in total. The second-order valence-electron chi connectivity index (χ2n) is 2.59. The summed E-state index contributed by atoms with van der Waals surface area (Å²) in [4.78, 5) is 7.95. The minimum absolute atomic E-state index is 0.469. The molecule has 0 saturated heterocycles. The predicted molar refractivity (Wildman–Crippen MR) is 55.7 cm³/mol. The molecule has 0 saturated carbocycles. The summed E-state index contributed by atoms with van der Waals surface area (Å²) in [6, 6.07) is 3.82. The van der Waals surface area contributed by atoms with Crippen molar-refractivity contribution in [3.8, 4) is 5.19 Å². The number of halogens is 1. The predicted octanol–water partition coefficient (Wildman–Crippen LogP) is 2.77. The molecule has 5 heteroatoms. The van der Waals surface area contributed by atoms with Crippen molar-refractivity contribution in [3.63, 3.8) is 0 Å². The molecule has 0 N–H and O–H groups in total. The fourth-order valence-corrected chi connectivity index (χ4v) is 1.72. The van der Waals surface area contributed by atoms with Gasteiger partial charge in [0.1, 0.15) is 11.8 Å². The highest BCUT2D eigenvalue weighted by atomic mass is 35.5. The molecular weight excluding hydrogens is 220 g/mol. The third-order valence-corrected chi connectivity index (χ3v) is 2.62. The Kier molecular flexibility index (Phi) is 2.96. The third kappa shape index (κ3) is 2.43. The van der Waals surface area contributed by atoms with Gasteiger partial charge in [0.2, 0.25) is 0 Å². The van der Waals surface area contributed by atoms with Crippen LogP contribution in [0.5, 0.6) is 5.19 Å². The second-order valence-corrected chi connectivity index (χ2v) is 3.79. The van der Waals surface area contributed by atoms with Gasteiger partial charge in [-0.2, -0.15) is 4.98 Å². The lowest BCUT2D eigenvalue weighted by molar-refractivity contribution is 0.304. The number of ether oxygens (including phenoxy) is 1. The van der Waals surface area contributed by atoms with E-state index in [1.807, 2.05) is 12.1 Å². The van der Waals surface area contributed by atoms with Gasteiger partial charge in [-0.25, -0.2) is 0 Å². The van der Waals surface area contributed by atoms with Gasteiger partial charge < -0.3 is 4.74 Å². The summed E-state index contributed by atoms with van der Waals surface area (Å²) in [6.07, 6.45) is 3.49. The topological polar surface area (TPSA) is 35.0 Å². The largest absolute Gasteiger partial charge is 0.465 e. The van der Waals surface area contributed by atoms with Crippen molar-refractivity contribution in [1.82, 2.24) is 9.97 Å². The Morgan fingerprint density at radius 2 is 2.43 bits per heavy atom. The van der Waals surface area contributed by atoms with Crippen molar-refractivity contribution in [1.29, 1.82) is 0 Å². The number of aromatic nitrogens is 2. The van der Waals surface area contributed by atoms with Gasteiger partial charge in [0, 0.05) is 23.3 Å². The van der Waals surface area contributed by atoms with Gasteiger partial charge >= 0.3 is 0 Å². The van der Waals surface area contributed by atoms with E-state index in [9.17, 15) is 0 Å². The van der Waals surface area contributed by atoms with Gasteiger partial charge in [-0.05, 0) is 6.07 Å². The molecule has 0 radical (unpaired) electrons. The monoisotopic (exact) mass is 226 g/mol. The molecule has 2 rings (SSSR count). The van der Waals surface area contributed by atoms with Crippen molar-refractivity contribution in [2.45, 2.75) is 6.61 Å². The summed E-state index contributed by atoms with van der Waals surface area (Å²) in [7, 11) is 0. The van der Waals surface area contributed by atoms with Crippen LogP contribution in [-0.2, 0) is 6.61 Å². The molecule has 0 spiro atoms. The lowest BCUT2D eigenvalue weighted by atomic mass is 10.3. The van der Waals surface area contributed by atoms with E-state index in [4.69, 9.17) is 16.3 Å². The Morgan fingerprint density at radius 3 is 3.07 bits per heavy atom. The Labute approximate surface area is 90.3 Å². The van der Waals surface area contributed by atoms with E-state index in [1.54, 1.807) is 17.8 Å². The second kappa shape index (κ2) is 4.39. The van der Waals surface area contributed by atoms with Gasteiger partial charge in [0.25, 0.3) is 5.19 Å². The van der Waals surface area contributed by atoms with Crippen LogP contribution < -0.4 is 4.74 Å². The maximum atomic E-state index is 5.65. The Balaban J connectivity index is 1.95. The number of rotatable bonds is 3. The van der Waals surface area contributed by atoms with E-state index >= 15 is 0 Å². The first-order chi connectivity index (χ1) is 6.84. The molecule has 0 unspecified atom stereocenters. The molecule has 2 heterocycles. The van der Waals surface area contributed by atoms with Gasteiger partial charge in [-0.15, -0.1) is 0 Å². The summed E-state index contributed by atoms with van der Waals surface area (Å²) >= 11 is 7.03. The fourth-order valence-electron chi connectivity index (χ4n) is 0.934. The zero-order valence-corrected chi connectivity index (χ0v) is 8.76. The van der Waals surface area contributed by atoms with Crippen LogP contribution in [0.1, 0.15) is 5.56 Å². The molecule has 0 bridgehead atoms. The van der Waals surface area contributed by atoms with Crippen LogP contribution in [0.4, 0.5) is 0 Å². The number of hydrogen-bond donors (Lipinski definition) is 0. The van der Waals surface area contributed by atoms with Crippen molar-refractivity contribution >= 4 is 22.9 Å². The highest BCUT2D eigenvalue weighted by Crippen LogP contribution is 2.21. The first kappa shape index (κ1) is 9.43. The molecular formula is C9H7ClN2OS. The molecule has 0 aliphatic heterocycles. The first-order valence-corrected chi connectivity index (χ1v) is 5.23. The van der Waals surface area contributed by atoms with Crippen LogP contribution in [0.2, 0.25) is 5.15 Å². The quantitative estimate of drug-likeness (QED) is 0.807. The van der Waals surface area contributed by atoms with E-state index in [0.29, 0.717) is 17.0 Å². The smallest absolute Gasteiger partial charge is 0.274 e. The molecule has 72 valence electrons. The SMILES string of the molecule is Clc1csc(OCc2cccnc2)n1. The normalized spacial score (nSPS) is 10.1. The average Bonchev–Trinajstić information content (AvgIpc) is 2.63. The van der Waals surface area contributed by atoms with E-state index in [0.717, 1.165) is 5.56 Å². The van der Waals surface area contributed by atoms with Gasteiger partial charge in [0.05, 0.1) is 0 Å². The molecule has 0 fully saturated rings. The number of pyridine rings is 1. The summed E-state index contributed by atoms with van der Waals surface area (Å²) in [5, 5.41) is 2.79. The zero-order chi connectivity index (χ0) is 9.80. The summed E-state index contributed by atoms with van der Waals surface area (Å²) in [5.74, 6) is 0. The minimum Gasteiger partial charge on any atom is -0.465 e. The molecule has 0 amide bonds. The van der Waals surface area contributed by atoms with Crippen molar-refractivity contribution < 1.29 is 4.74 Å². The van der Waals surface area contributed by atoms with E-state index < -0.39 is 0 Å². The number of nitrogens with zero attached hydrogens (tertiary/aromatic N) is 2. The molecule has 2 aromatic rings. The van der Waals surface area contributed by atoms with Gasteiger partial charge in [-0.1, -0.05) is 29.0 Å².